The Balaban J connectivity index is 1.71. The molecule has 0 saturated heterocycles. The third kappa shape index (κ3) is 3.49. The van der Waals surface area contributed by atoms with E-state index in [0.29, 0.717) is 6.04 Å². The molecular formula is C28H37N2+. The maximum absolute atomic E-state index is 3.82. The average Bonchev–Trinajstić information content (AvgIpc) is 2.89. The molecule has 0 spiro atoms. The van der Waals surface area contributed by atoms with Crippen LogP contribution >= 0.6 is 0 Å². The molecule has 0 amide bonds. The Morgan fingerprint density at radius 2 is 1.33 bits per heavy atom. The molecule has 3 aliphatic rings. The summed E-state index contributed by atoms with van der Waals surface area (Å²) in [5.41, 5.74) is 16.6. The molecule has 1 atom stereocenters. The van der Waals surface area contributed by atoms with E-state index in [9.17, 15) is 0 Å². The van der Waals surface area contributed by atoms with Crippen molar-refractivity contribution in [2.24, 2.45) is 5.41 Å². The van der Waals surface area contributed by atoms with Gasteiger partial charge in [-0.05, 0) is 103 Å². The molecule has 0 radical (unpaired) electrons. The van der Waals surface area contributed by atoms with Crippen LogP contribution in [0.2, 0.25) is 0 Å². The number of hydrazine groups is 1. The summed E-state index contributed by atoms with van der Waals surface area (Å²) >= 11 is 0. The van der Waals surface area contributed by atoms with Crippen molar-refractivity contribution in [2.75, 3.05) is 0 Å². The summed E-state index contributed by atoms with van der Waals surface area (Å²) in [5.74, 6) is 0. The monoisotopic (exact) mass is 401 g/mol. The predicted octanol–water partition coefficient (Wildman–Crippen LogP) is 6.00. The summed E-state index contributed by atoms with van der Waals surface area (Å²) in [7, 11) is 0. The normalized spacial score (nSPS) is 18.9. The standard InChI is InChI=1S/C28H37N2/c1-19(28(2,3)4)29-30-17-22-15-13-20-9-5-7-11-24(20)26(22)27-23(18-30)16-14-21-10-6-8-12-25(21)27/h13-17,19,29H,5-12,18H2,1-4H3/q+1/t19-/m0/s1. The molecule has 30 heavy (non-hydrogen) atoms. The second kappa shape index (κ2) is 7.55. The van der Waals surface area contributed by atoms with Gasteiger partial charge in [-0.3, -0.25) is 0 Å². The van der Waals surface area contributed by atoms with Gasteiger partial charge in [0.25, 0.3) is 0 Å². The number of fused-ring (bicyclic) bond motifs is 7. The zero-order chi connectivity index (χ0) is 20.9. The Kier molecular flexibility index (Phi) is 5.00. The van der Waals surface area contributed by atoms with Gasteiger partial charge in [0.2, 0.25) is 6.21 Å². The minimum atomic E-state index is 0.220. The van der Waals surface area contributed by atoms with E-state index >= 15 is 0 Å². The first kappa shape index (κ1) is 19.8. The van der Waals surface area contributed by atoms with Gasteiger partial charge in [0, 0.05) is 11.1 Å². The average molecular weight is 402 g/mol. The number of benzene rings is 2. The number of hydrogen-bond donors (Lipinski definition) is 1. The van der Waals surface area contributed by atoms with Crippen molar-refractivity contribution < 1.29 is 4.68 Å². The van der Waals surface area contributed by atoms with E-state index in [2.05, 4.69) is 68.3 Å². The molecule has 1 N–H and O–H groups in total. The van der Waals surface area contributed by atoms with Gasteiger partial charge in [-0.1, -0.05) is 39.0 Å². The topological polar surface area (TPSA) is 15.0 Å². The Morgan fingerprint density at radius 3 is 2.00 bits per heavy atom. The zero-order valence-electron chi connectivity index (χ0n) is 19.3. The van der Waals surface area contributed by atoms with Crippen LogP contribution in [0, 0.1) is 5.41 Å². The van der Waals surface area contributed by atoms with Crippen LogP contribution < -0.4 is 5.43 Å². The molecule has 2 heteroatoms. The van der Waals surface area contributed by atoms with Crippen molar-refractivity contribution in [1.82, 2.24) is 5.43 Å². The minimum Gasteiger partial charge on any atom is -0.195 e. The molecule has 5 rings (SSSR count). The highest BCUT2D eigenvalue weighted by atomic mass is 15.4. The predicted molar refractivity (Wildman–Crippen MR) is 126 cm³/mol. The molecule has 1 heterocycles. The first-order valence-electron chi connectivity index (χ1n) is 12.1. The molecule has 0 unspecified atom stereocenters. The number of hydrazone groups is 1. The van der Waals surface area contributed by atoms with E-state index in [1.807, 2.05) is 0 Å². The third-order valence-electron chi connectivity index (χ3n) is 7.73. The molecule has 0 saturated carbocycles. The fourth-order valence-corrected chi connectivity index (χ4v) is 5.49. The molecule has 0 bridgehead atoms. The van der Waals surface area contributed by atoms with Gasteiger partial charge in [-0.25, -0.2) is 0 Å². The van der Waals surface area contributed by atoms with Gasteiger partial charge in [0.15, 0.2) is 6.54 Å². The van der Waals surface area contributed by atoms with Gasteiger partial charge in [-0.2, -0.15) is 5.43 Å². The second-order valence-corrected chi connectivity index (χ2v) is 10.8. The van der Waals surface area contributed by atoms with Gasteiger partial charge >= 0.3 is 0 Å². The lowest BCUT2D eigenvalue weighted by atomic mass is 9.78. The van der Waals surface area contributed by atoms with E-state index in [1.165, 1.54) is 62.5 Å². The fraction of sp³-hybridized carbons (Fsp3) is 0.536. The second-order valence-electron chi connectivity index (χ2n) is 10.8. The first-order valence-corrected chi connectivity index (χ1v) is 12.1. The number of nitrogens with zero attached hydrogens (tertiary/aromatic N) is 1. The Morgan fingerprint density at radius 1 is 0.767 bits per heavy atom. The van der Waals surface area contributed by atoms with Crippen LogP contribution in [0.15, 0.2) is 24.3 Å². The third-order valence-corrected chi connectivity index (χ3v) is 7.73. The van der Waals surface area contributed by atoms with Crippen LogP contribution in [0.25, 0.3) is 11.1 Å². The van der Waals surface area contributed by atoms with Crippen LogP contribution in [0.5, 0.6) is 0 Å². The highest BCUT2D eigenvalue weighted by molar-refractivity contribution is 5.93. The Hall–Kier alpha value is -2.09. The van der Waals surface area contributed by atoms with Crippen molar-refractivity contribution in [3.8, 4) is 11.1 Å². The number of hydrogen-bond acceptors (Lipinski definition) is 1. The summed E-state index contributed by atoms with van der Waals surface area (Å²) in [4.78, 5) is 0. The van der Waals surface area contributed by atoms with Crippen LogP contribution in [0.4, 0.5) is 0 Å². The van der Waals surface area contributed by atoms with E-state index in [0.717, 1.165) is 6.54 Å². The minimum absolute atomic E-state index is 0.220. The number of aryl methyl sites for hydroxylation is 2. The van der Waals surface area contributed by atoms with Crippen LogP contribution in [-0.2, 0) is 32.2 Å². The van der Waals surface area contributed by atoms with E-state index in [1.54, 1.807) is 33.4 Å². The van der Waals surface area contributed by atoms with Gasteiger partial charge in [-0.15, -0.1) is 4.68 Å². The fourth-order valence-electron chi connectivity index (χ4n) is 5.49. The highest BCUT2D eigenvalue weighted by Crippen LogP contribution is 2.42. The zero-order valence-corrected chi connectivity index (χ0v) is 19.3. The lowest BCUT2D eigenvalue weighted by Gasteiger charge is -2.26. The van der Waals surface area contributed by atoms with Crippen LogP contribution in [0.1, 0.15) is 86.8 Å². The molecule has 2 aliphatic carbocycles. The summed E-state index contributed by atoms with van der Waals surface area (Å²) in [6, 6.07) is 10.1. The van der Waals surface area contributed by atoms with Crippen LogP contribution in [0.3, 0.4) is 0 Å². The van der Waals surface area contributed by atoms with Gasteiger partial charge < -0.3 is 0 Å². The van der Waals surface area contributed by atoms with Crippen molar-refractivity contribution in [1.29, 1.82) is 0 Å². The molecule has 2 aromatic rings. The van der Waals surface area contributed by atoms with Crippen LogP contribution in [-0.4, -0.2) is 16.9 Å². The largest absolute Gasteiger partial charge is 0.201 e. The molecule has 2 aromatic carbocycles. The molecule has 0 fully saturated rings. The molecule has 0 aromatic heterocycles. The summed E-state index contributed by atoms with van der Waals surface area (Å²) in [5, 5.41) is 0. The molecule has 158 valence electrons. The van der Waals surface area contributed by atoms with E-state index in [4.69, 9.17) is 0 Å². The summed E-state index contributed by atoms with van der Waals surface area (Å²) in [6.45, 7) is 10.2. The summed E-state index contributed by atoms with van der Waals surface area (Å²) < 4.78 is 2.37. The first-order chi connectivity index (χ1) is 14.4. The van der Waals surface area contributed by atoms with Gasteiger partial charge in [0.1, 0.15) is 0 Å². The van der Waals surface area contributed by atoms with E-state index < -0.39 is 0 Å². The highest BCUT2D eigenvalue weighted by Gasteiger charge is 2.30. The van der Waals surface area contributed by atoms with Crippen molar-refractivity contribution in [3.05, 3.63) is 57.6 Å². The maximum Gasteiger partial charge on any atom is 0.201 e. The SMILES string of the molecule is C[C@H](N[N+]1=Cc2ccc3c(c2-c2c(ccc4c2CCCC4)C1)CCCC3)C(C)(C)C. The quantitative estimate of drug-likeness (QED) is 0.610. The molecule has 2 nitrogen and oxygen atoms in total. The summed E-state index contributed by atoms with van der Waals surface area (Å²) in [6.07, 6.45) is 12.7. The molecular weight excluding hydrogens is 364 g/mol. The maximum atomic E-state index is 3.82. The number of nitrogens with one attached hydrogen (secondary N) is 1. The van der Waals surface area contributed by atoms with Crippen molar-refractivity contribution in [2.45, 2.75) is 91.6 Å². The Bertz CT molecular complexity index is 1010. The van der Waals surface area contributed by atoms with Gasteiger partial charge in [0.05, 0.1) is 6.04 Å². The Labute approximate surface area is 182 Å². The van der Waals surface area contributed by atoms with E-state index in [-0.39, 0.29) is 5.41 Å². The van der Waals surface area contributed by atoms with Crippen molar-refractivity contribution >= 4 is 6.21 Å². The lowest BCUT2D eigenvalue weighted by Crippen LogP contribution is -2.44. The smallest absolute Gasteiger partial charge is 0.195 e. The molecule has 1 aliphatic heterocycles. The lowest BCUT2D eigenvalue weighted by molar-refractivity contribution is -0.605. The van der Waals surface area contributed by atoms with Crippen molar-refractivity contribution in [3.63, 3.8) is 0 Å². The number of rotatable bonds is 2.